The van der Waals surface area contributed by atoms with Crippen LogP contribution in [0.4, 0.5) is 4.39 Å². The number of hydrogen-bond donors (Lipinski definition) is 1. The number of hydrogen-bond acceptors (Lipinski definition) is 2. The van der Waals surface area contributed by atoms with E-state index in [1.165, 1.54) is 0 Å². The number of nitrogens with one attached hydrogen (secondary N) is 1. The average Bonchev–Trinajstić information content (AvgIpc) is 3.17. The Morgan fingerprint density at radius 2 is 1.89 bits per heavy atom. The van der Waals surface area contributed by atoms with Gasteiger partial charge in [-0.05, 0) is 42.0 Å². The first-order valence-corrected chi connectivity index (χ1v) is 9.90. The highest BCUT2D eigenvalue weighted by Gasteiger charge is 2.26. The molecule has 0 radical (unpaired) electrons. The Bertz CT molecular complexity index is 945. The van der Waals surface area contributed by atoms with Crippen LogP contribution in [0.3, 0.4) is 0 Å². The second-order valence-corrected chi connectivity index (χ2v) is 7.47. The van der Waals surface area contributed by atoms with Gasteiger partial charge in [-0.15, -0.1) is 0 Å². The molecule has 4 rings (SSSR count). The summed E-state index contributed by atoms with van der Waals surface area (Å²) in [5.41, 5.74) is 2.77. The lowest BCUT2D eigenvalue weighted by Crippen LogP contribution is -2.40. The van der Waals surface area contributed by atoms with Gasteiger partial charge in [0.2, 0.25) is 0 Å². The highest BCUT2D eigenvalue weighted by molar-refractivity contribution is 5.97. The van der Waals surface area contributed by atoms with Gasteiger partial charge in [0.25, 0.3) is 5.91 Å². The molecule has 4 nitrogen and oxygen atoms in total. The van der Waals surface area contributed by atoms with Gasteiger partial charge in [-0.25, -0.2) is 4.39 Å². The number of aromatic nitrogens is 1. The number of carbonyl (C=O) groups excluding carboxylic acids is 1. The zero-order chi connectivity index (χ0) is 19.5. The van der Waals surface area contributed by atoms with E-state index in [1.807, 2.05) is 53.4 Å². The van der Waals surface area contributed by atoms with Gasteiger partial charge in [0, 0.05) is 49.9 Å². The molecule has 1 aliphatic heterocycles. The molecule has 5 heteroatoms. The van der Waals surface area contributed by atoms with E-state index in [2.05, 4.69) is 22.1 Å². The fourth-order valence-corrected chi connectivity index (χ4v) is 4.13. The van der Waals surface area contributed by atoms with Crippen molar-refractivity contribution in [2.24, 2.45) is 0 Å². The van der Waals surface area contributed by atoms with Gasteiger partial charge >= 0.3 is 0 Å². The second kappa shape index (κ2) is 8.15. The van der Waals surface area contributed by atoms with Gasteiger partial charge < -0.3 is 9.88 Å². The Labute approximate surface area is 165 Å². The van der Waals surface area contributed by atoms with Crippen molar-refractivity contribution < 1.29 is 9.18 Å². The number of likely N-dealkylation sites (tertiary alicyclic amines) is 1. The van der Waals surface area contributed by atoms with E-state index < -0.39 is 6.30 Å². The summed E-state index contributed by atoms with van der Waals surface area (Å²) in [4.78, 5) is 13.9. The lowest BCUT2D eigenvalue weighted by molar-refractivity contribution is 0.0511. The normalized spacial score (nSPS) is 16.9. The molecule has 2 heterocycles. The minimum atomic E-state index is -0.940. The van der Waals surface area contributed by atoms with Crippen LogP contribution in [0.25, 0.3) is 10.9 Å². The molecule has 1 unspecified atom stereocenters. The molecular formula is C23H26FN3O. The number of benzene rings is 2. The van der Waals surface area contributed by atoms with E-state index in [4.69, 9.17) is 0 Å². The first-order valence-electron chi connectivity index (χ1n) is 9.90. The van der Waals surface area contributed by atoms with Crippen LogP contribution in [0.15, 0.2) is 60.8 Å². The molecule has 28 heavy (non-hydrogen) atoms. The van der Waals surface area contributed by atoms with Crippen LogP contribution in [0, 0.1) is 0 Å². The second-order valence-electron chi connectivity index (χ2n) is 7.47. The van der Waals surface area contributed by atoms with Gasteiger partial charge in [0.15, 0.2) is 6.30 Å². The van der Waals surface area contributed by atoms with Crippen molar-refractivity contribution >= 4 is 16.8 Å². The highest BCUT2D eigenvalue weighted by Crippen LogP contribution is 2.29. The Morgan fingerprint density at radius 1 is 1.14 bits per heavy atom. The van der Waals surface area contributed by atoms with Crippen LogP contribution in [0.1, 0.15) is 34.8 Å². The summed E-state index contributed by atoms with van der Waals surface area (Å²) in [5, 5.41) is 3.81. The summed E-state index contributed by atoms with van der Waals surface area (Å²) < 4.78 is 17.0. The molecule has 1 aliphatic rings. The van der Waals surface area contributed by atoms with Crippen molar-refractivity contribution in [3.63, 3.8) is 0 Å². The molecule has 0 saturated carbocycles. The van der Waals surface area contributed by atoms with Gasteiger partial charge in [-0.1, -0.05) is 36.4 Å². The number of rotatable bonds is 5. The predicted molar refractivity (Wildman–Crippen MR) is 110 cm³/mol. The summed E-state index contributed by atoms with van der Waals surface area (Å²) >= 11 is 0. The molecule has 1 fully saturated rings. The van der Waals surface area contributed by atoms with Crippen molar-refractivity contribution in [1.82, 2.24) is 14.8 Å². The van der Waals surface area contributed by atoms with Crippen molar-refractivity contribution in [2.75, 3.05) is 20.1 Å². The van der Waals surface area contributed by atoms with Gasteiger partial charge in [-0.2, -0.15) is 0 Å². The maximum atomic E-state index is 14.8. The average molecular weight is 379 g/mol. The summed E-state index contributed by atoms with van der Waals surface area (Å²) in [7, 11) is 1.64. The molecule has 0 aliphatic carbocycles. The molecular weight excluding hydrogens is 353 g/mol. The zero-order valence-corrected chi connectivity index (χ0v) is 16.1. The monoisotopic (exact) mass is 379 g/mol. The Kier molecular flexibility index (Phi) is 5.44. The topological polar surface area (TPSA) is 37.3 Å². The summed E-state index contributed by atoms with van der Waals surface area (Å²) in [6.45, 7) is 1.49. The summed E-state index contributed by atoms with van der Waals surface area (Å²) in [6.07, 6.45) is 3.40. The van der Waals surface area contributed by atoms with Crippen LogP contribution < -0.4 is 5.32 Å². The summed E-state index contributed by atoms with van der Waals surface area (Å²) in [5.74, 6) is -0.0781. The lowest BCUT2D eigenvalue weighted by atomic mass is 10.0. The number of amides is 1. The molecule has 1 N–H and O–H groups in total. The third-order valence-corrected chi connectivity index (χ3v) is 5.75. The molecule has 3 aromatic rings. The number of alkyl halides is 1. The largest absolute Gasteiger partial charge is 0.355 e. The number of halogens is 1. The molecule has 1 amide bonds. The maximum absolute atomic E-state index is 14.8. The fourth-order valence-electron chi connectivity index (χ4n) is 4.13. The Hall–Kier alpha value is -2.66. The molecule has 0 spiro atoms. The smallest absolute Gasteiger partial charge is 0.251 e. The predicted octanol–water partition coefficient (Wildman–Crippen LogP) is 4.18. The molecule has 1 saturated heterocycles. The van der Waals surface area contributed by atoms with Crippen molar-refractivity contribution in [1.29, 1.82) is 0 Å². The first-order chi connectivity index (χ1) is 13.7. The van der Waals surface area contributed by atoms with Crippen molar-refractivity contribution in [3.8, 4) is 0 Å². The number of carbonyl (C=O) groups is 1. The number of piperidine rings is 1. The fraction of sp³-hybridized carbons (Fsp3) is 0.348. The van der Waals surface area contributed by atoms with Crippen LogP contribution in [0.5, 0.6) is 0 Å². The molecule has 1 atom stereocenters. The molecule has 146 valence electrons. The van der Waals surface area contributed by atoms with Crippen LogP contribution >= 0.6 is 0 Å². The van der Waals surface area contributed by atoms with Crippen molar-refractivity contribution in [2.45, 2.75) is 31.6 Å². The molecule has 2 aromatic carbocycles. The van der Waals surface area contributed by atoms with Gasteiger partial charge in [0.05, 0.1) is 0 Å². The highest BCUT2D eigenvalue weighted by atomic mass is 19.1. The Morgan fingerprint density at radius 3 is 2.61 bits per heavy atom. The molecule has 1 aromatic heterocycles. The quantitative estimate of drug-likeness (QED) is 0.676. The van der Waals surface area contributed by atoms with E-state index >= 15 is 0 Å². The lowest BCUT2D eigenvalue weighted by Gasteiger charge is -2.35. The minimum absolute atomic E-state index is 0.0781. The van der Waals surface area contributed by atoms with E-state index in [9.17, 15) is 9.18 Å². The standard InChI is InChI=1S/C23H26FN3O/c1-25-23(28)19-8-7-18-9-14-27(21(18)16-19)20-10-12-26(13-11-20)22(24)15-17-5-3-2-4-6-17/h2-9,14,16,20,22H,10-13,15H2,1H3,(H,25,28). The first kappa shape index (κ1) is 18.7. The van der Waals surface area contributed by atoms with Gasteiger partial charge in [-0.3, -0.25) is 9.69 Å². The maximum Gasteiger partial charge on any atom is 0.251 e. The van der Waals surface area contributed by atoms with Crippen LogP contribution in [-0.4, -0.2) is 41.8 Å². The van der Waals surface area contributed by atoms with Crippen LogP contribution in [-0.2, 0) is 6.42 Å². The third kappa shape index (κ3) is 3.80. The SMILES string of the molecule is CNC(=O)c1ccc2ccn(C3CCN(C(F)Cc4ccccc4)CC3)c2c1. The zero-order valence-electron chi connectivity index (χ0n) is 16.1. The van der Waals surface area contributed by atoms with E-state index in [0.29, 0.717) is 18.0 Å². The van der Waals surface area contributed by atoms with E-state index in [-0.39, 0.29) is 5.91 Å². The van der Waals surface area contributed by atoms with E-state index in [0.717, 1.165) is 42.4 Å². The Balaban J connectivity index is 1.44. The molecule has 0 bridgehead atoms. The van der Waals surface area contributed by atoms with E-state index in [1.54, 1.807) is 7.05 Å². The van der Waals surface area contributed by atoms with Crippen LogP contribution in [0.2, 0.25) is 0 Å². The summed E-state index contributed by atoms with van der Waals surface area (Å²) in [6, 6.07) is 18.0. The van der Waals surface area contributed by atoms with Gasteiger partial charge in [0.1, 0.15) is 0 Å². The minimum Gasteiger partial charge on any atom is -0.355 e. The third-order valence-electron chi connectivity index (χ3n) is 5.75. The number of nitrogens with zero attached hydrogens (tertiary/aromatic N) is 2. The van der Waals surface area contributed by atoms with Crippen molar-refractivity contribution in [3.05, 3.63) is 71.9 Å². The number of fused-ring (bicyclic) bond motifs is 1.